The molecule has 5 heterocycles. The summed E-state index contributed by atoms with van der Waals surface area (Å²) in [6.45, 7) is 1.60. The number of amides is 4. The number of carbonyl (C=O) groups is 3. The van der Waals surface area contributed by atoms with Crippen molar-refractivity contribution in [1.29, 1.82) is 0 Å². The van der Waals surface area contributed by atoms with Gasteiger partial charge < -0.3 is 9.30 Å². The van der Waals surface area contributed by atoms with Crippen LogP contribution in [-0.4, -0.2) is 72.7 Å². The Morgan fingerprint density at radius 2 is 1.91 bits per heavy atom. The van der Waals surface area contributed by atoms with Gasteiger partial charge in [0.25, 0.3) is 0 Å². The highest BCUT2D eigenvalue weighted by molar-refractivity contribution is 6.13. The predicted molar refractivity (Wildman–Crippen MR) is 158 cm³/mol. The molecule has 3 fully saturated rings. The van der Waals surface area contributed by atoms with E-state index >= 15 is 0 Å². The van der Waals surface area contributed by atoms with Gasteiger partial charge >= 0.3 is 12.2 Å². The van der Waals surface area contributed by atoms with Crippen molar-refractivity contribution in [2.24, 2.45) is 5.92 Å². The monoisotopic (exact) mass is 634 g/mol. The lowest BCUT2D eigenvalue weighted by Gasteiger charge is -2.21. The number of hydrogen-bond donors (Lipinski definition) is 1. The molecule has 0 spiro atoms. The zero-order chi connectivity index (χ0) is 32.5. The fourth-order valence-electron chi connectivity index (χ4n) is 5.71. The molecular weight excluding hydrogens is 605 g/mol. The molecule has 1 N–H and O–H groups in total. The Bertz CT molecular complexity index is 1910. The third-order valence-corrected chi connectivity index (χ3v) is 8.47. The summed E-state index contributed by atoms with van der Waals surface area (Å²) in [7, 11) is 2.85. The molecule has 2 aliphatic carbocycles. The number of carbonyl (C=O) groups excluding carboxylic acids is 3. The number of imide groups is 1. The summed E-state index contributed by atoms with van der Waals surface area (Å²) in [4.78, 5) is 62.9. The van der Waals surface area contributed by atoms with Crippen LogP contribution in [0.15, 0.2) is 36.9 Å². The number of nitrogens with zero attached hydrogens (tertiary/aromatic N) is 9. The van der Waals surface area contributed by atoms with E-state index in [1.165, 1.54) is 23.9 Å². The molecule has 2 saturated carbocycles. The van der Waals surface area contributed by atoms with Gasteiger partial charge in [0.15, 0.2) is 5.65 Å². The van der Waals surface area contributed by atoms with Crippen molar-refractivity contribution >= 4 is 40.9 Å². The number of aryl methyl sites for hydroxylation is 1. The number of halogens is 3. The van der Waals surface area contributed by atoms with Gasteiger partial charge in [0.1, 0.15) is 23.8 Å². The average molecular weight is 635 g/mol. The number of anilines is 3. The van der Waals surface area contributed by atoms with Crippen molar-refractivity contribution in [3.8, 4) is 0 Å². The molecule has 0 bridgehead atoms. The van der Waals surface area contributed by atoms with Gasteiger partial charge in [-0.3, -0.25) is 24.7 Å². The summed E-state index contributed by atoms with van der Waals surface area (Å²) in [5.74, 6) is -1.25. The van der Waals surface area contributed by atoms with Gasteiger partial charge in [0.2, 0.25) is 17.8 Å². The molecule has 13 nitrogen and oxygen atoms in total. The Morgan fingerprint density at radius 1 is 1.13 bits per heavy atom. The van der Waals surface area contributed by atoms with Gasteiger partial charge in [-0.25, -0.2) is 24.7 Å². The van der Waals surface area contributed by atoms with E-state index in [1.807, 2.05) is 19.2 Å². The van der Waals surface area contributed by atoms with Crippen LogP contribution in [0, 0.1) is 12.8 Å². The SMILES string of the molecule is Cc1ccnc([C@H]2C[C@@H]2C(=O)Nc2ncc(C(F)(F)F)c(N(C)Cc3cn4cc(C5CC5)cc(N5CC(=O)N(C)C5=O)c4n3)n2)n1. The van der Waals surface area contributed by atoms with E-state index in [1.54, 1.807) is 22.9 Å². The van der Waals surface area contributed by atoms with E-state index in [4.69, 9.17) is 0 Å². The molecule has 1 aliphatic heterocycles. The Kier molecular flexibility index (Phi) is 6.90. The topological polar surface area (TPSA) is 142 Å². The Morgan fingerprint density at radius 3 is 2.59 bits per heavy atom. The fraction of sp³-hybridized carbons (Fsp3) is 0.400. The van der Waals surface area contributed by atoms with E-state index in [0.717, 1.165) is 29.0 Å². The zero-order valence-corrected chi connectivity index (χ0v) is 25.1. The molecule has 4 aromatic rings. The minimum Gasteiger partial charge on any atom is -0.353 e. The standard InChI is InChI=1S/C30H29F3N10O3/c1-15-6-7-34-24(36-15)19-9-20(19)27(45)39-28-35-10-21(30(31,32)33)25(38-28)40(2)12-18-13-42-11-17(16-4-5-16)8-22(26(42)37-18)43-14-23(44)41(3)29(43)46/h6-8,10-11,13,16,19-20H,4-5,9,12,14H2,1-3H3,(H,35,38,39,45)/t19-,20-/m0/s1. The first-order valence-corrected chi connectivity index (χ1v) is 14.7. The second kappa shape index (κ2) is 10.7. The van der Waals surface area contributed by atoms with Crippen molar-refractivity contribution in [2.75, 3.05) is 35.8 Å². The van der Waals surface area contributed by atoms with Gasteiger partial charge in [-0.05, 0) is 49.8 Å². The second-order valence-electron chi connectivity index (χ2n) is 12.0. The Labute approximate surface area is 260 Å². The van der Waals surface area contributed by atoms with Crippen LogP contribution in [0.3, 0.4) is 0 Å². The third-order valence-electron chi connectivity index (χ3n) is 8.47. The van der Waals surface area contributed by atoms with Crippen LogP contribution in [0.4, 0.5) is 35.4 Å². The highest BCUT2D eigenvalue weighted by Crippen LogP contribution is 2.46. The minimum atomic E-state index is -4.77. The van der Waals surface area contributed by atoms with Crippen LogP contribution in [0.1, 0.15) is 59.4 Å². The summed E-state index contributed by atoms with van der Waals surface area (Å²) in [5.41, 5.74) is 1.93. The number of fused-ring (bicyclic) bond motifs is 1. The van der Waals surface area contributed by atoms with Crippen molar-refractivity contribution in [3.05, 3.63) is 65.3 Å². The van der Waals surface area contributed by atoms with E-state index in [-0.39, 0.29) is 30.9 Å². The number of pyridine rings is 1. The first-order valence-electron chi connectivity index (χ1n) is 14.7. The lowest BCUT2D eigenvalue weighted by molar-refractivity contribution is -0.137. The maximum atomic E-state index is 14.1. The molecule has 4 amide bonds. The van der Waals surface area contributed by atoms with Gasteiger partial charge in [-0.1, -0.05) is 0 Å². The van der Waals surface area contributed by atoms with E-state index in [2.05, 4.69) is 30.2 Å². The summed E-state index contributed by atoms with van der Waals surface area (Å²) < 4.78 is 44.0. The maximum absolute atomic E-state index is 14.1. The van der Waals surface area contributed by atoms with Crippen molar-refractivity contribution < 1.29 is 27.6 Å². The second-order valence-corrected chi connectivity index (χ2v) is 12.0. The first-order chi connectivity index (χ1) is 21.9. The van der Waals surface area contributed by atoms with Crippen LogP contribution in [0.5, 0.6) is 0 Å². The largest absolute Gasteiger partial charge is 0.421 e. The lowest BCUT2D eigenvalue weighted by Crippen LogP contribution is -2.30. The number of alkyl halides is 3. The van der Waals surface area contributed by atoms with Crippen LogP contribution < -0.4 is 15.1 Å². The quantitative estimate of drug-likeness (QED) is 0.286. The third kappa shape index (κ3) is 5.47. The molecule has 46 heavy (non-hydrogen) atoms. The van der Waals surface area contributed by atoms with Gasteiger partial charge in [-0.2, -0.15) is 18.2 Å². The molecular formula is C30H29F3N10O3. The molecule has 238 valence electrons. The number of rotatable bonds is 8. The zero-order valence-electron chi connectivity index (χ0n) is 25.1. The molecule has 7 rings (SSSR count). The smallest absolute Gasteiger partial charge is 0.353 e. The molecule has 0 aromatic carbocycles. The molecule has 16 heteroatoms. The predicted octanol–water partition coefficient (Wildman–Crippen LogP) is 3.90. The Hall–Kier alpha value is -5.15. The number of aromatic nitrogens is 6. The highest BCUT2D eigenvalue weighted by atomic mass is 19.4. The summed E-state index contributed by atoms with van der Waals surface area (Å²) in [6, 6.07) is 3.13. The fourth-order valence-corrected chi connectivity index (χ4v) is 5.71. The number of urea groups is 1. The van der Waals surface area contributed by atoms with Gasteiger partial charge in [0.05, 0.1) is 17.9 Å². The molecule has 0 unspecified atom stereocenters. The van der Waals surface area contributed by atoms with E-state index in [9.17, 15) is 27.6 Å². The number of likely N-dealkylation sites (N-methyl/N-ethyl adjacent to an activating group) is 1. The first kappa shape index (κ1) is 29.6. The van der Waals surface area contributed by atoms with E-state index in [0.29, 0.717) is 41.4 Å². The van der Waals surface area contributed by atoms with Crippen LogP contribution >= 0.6 is 0 Å². The van der Waals surface area contributed by atoms with Crippen LogP contribution in [0.25, 0.3) is 5.65 Å². The highest BCUT2D eigenvalue weighted by Gasteiger charge is 2.46. The molecule has 3 aliphatic rings. The number of hydrogen-bond acceptors (Lipinski definition) is 9. The summed E-state index contributed by atoms with van der Waals surface area (Å²) in [5, 5.41) is 2.55. The lowest BCUT2D eigenvalue weighted by atomic mass is 10.1. The van der Waals surface area contributed by atoms with E-state index < -0.39 is 35.4 Å². The molecule has 1 saturated heterocycles. The van der Waals surface area contributed by atoms with Crippen LogP contribution in [-0.2, 0) is 22.3 Å². The minimum absolute atomic E-state index is 0.0878. The van der Waals surface area contributed by atoms with Gasteiger partial charge in [0, 0.05) is 56.4 Å². The molecule has 4 aromatic heterocycles. The summed E-state index contributed by atoms with van der Waals surface area (Å²) >= 11 is 0. The maximum Gasteiger partial charge on any atom is 0.421 e. The average Bonchev–Trinajstić information content (AvgIpc) is 3.93. The van der Waals surface area contributed by atoms with Gasteiger partial charge in [-0.15, -0.1) is 0 Å². The van der Waals surface area contributed by atoms with Crippen LogP contribution in [0.2, 0.25) is 0 Å². The number of nitrogens with one attached hydrogen (secondary N) is 1. The number of imidazole rings is 1. The summed E-state index contributed by atoms with van der Waals surface area (Å²) in [6.07, 6.45) is 3.58. The normalized spacial score (nSPS) is 19.7. The molecule has 0 radical (unpaired) electrons. The van der Waals surface area contributed by atoms with Crippen molar-refractivity contribution in [1.82, 2.24) is 34.2 Å². The van der Waals surface area contributed by atoms with Crippen molar-refractivity contribution in [2.45, 2.75) is 50.7 Å². The molecule has 2 atom stereocenters. The Balaban J connectivity index is 1.15. The van der Waals surface area contributed by atoms with Crippen molar-refractivity contribution in [3.63, 3.8) is 0 Å².